The van der Waals surface area contributed by atoms with Crippen LogP contribution >= 0.6 is 0 Å². The second kappa shape index (κ2) is 8.26. The monoisotopic (exact) mass is 454 g/mol. The first kappa shape index (κ1) is 24.0. The molecule has 3 heterocycles. The molecule has 8 heteroatoms. The number of carbonyl (C=O) groups is 1. The summed E-state index contributed by atoms with van der Waals surface area (Å²) in [6.45, 7) is 14.0. The van der Waals surface area contributed by atoms with Crippen molar-refractivity contribution in [2.45, 2.75) is 90.3 Å². The molecule has 3 aliphatic rings. The van der Waals surface area contributed by atoms with Gasteiger partial charge in [0.2, 0.25) is 0 Å². The summed E-state index contributed by atoms with van der Waals surface area (Å²) in [6.07, 6.45) is 1.98. The number of amides is 1. The van der Waals surface area contributed by atoms with Crippen molar-refractivity contribution in [3.8, 4) is 0 Å². The third kappa shape index (κ3) is 4.88. The molecule has 178 valence electrons. The minimum Gasteiger partial charge on any atom is -0.444 e. The van der Waals surface area contributed by atoms with Gasteiger partial charge >= 0.3 is 13.2 Å². The molecule has 1 aromatic carbocycles. The predicted molar refractivity (Wildman–Crippen MR) is 130 cm³/mol. The lowest BCUT2D eigenvalue weighted by Crippen LogP contribution is -2.43. The van der Waals surface area contributed by atoms with Crippen molar-refractivity contribution in [1.82, 2.24) is 4.90 Å². The number of likely N-dealkylation sites (tertiary alicyclic amines) is 1. The van der Waals surface area contributed by atoms with Crippen LogP contribution in [0.1, 0.15) is 66.9 Å². The summed E-state index contributed by atoms with van der Waals surface area (Å²) in [4.78, 5) is 18.9. The first-order valence-corrected chi connectivity index (χ1v) is 11.6. The van der Waals surface area contributed by atoms with Crippen LogP contribution in [0.4, 0.5) is 4.79 Å². The zero-order valence-electron chi connectivity index (χ0n) is 20.7. The molecule has 0 radical (unpaired) electrons. The standard InChI is InChI=1S/C25H35BN2O5/c1-23(2,3)31-22(30)28-15-19(29)13-21(28)20-12-17(14-27-20)16-8-10-18(11-9-16)26-32-24(4,5)25(6,7)33-26/h8-11,14,19,21,29H,12-13,15H2,1-7H3/t19-,21-/m0/s1. The van der Waals surface area contributed by atoms with E-state index >= 15 is 0 Å². The average Bonchev–Trinajstić information content (AvgIpc) is 3.37. The number of rotatable bonds is 3. The van der Waals surface area contributed by atoms with Gasteiger partial charge in [-0.25, -0.2) is 4.79 Å². The van der Waals surface area contributed by atoms with E-state index < -0.39 is 24.9 Å². The third-order valence-corrected chi connectivity index (χ3v) is 6.86. The summed E-state index contributed by atoms with van der Waals surface area (Å²) in [5.74, 6) is 0. The molecule has 0 aliphatic carbocycles. The molecule has 0 spiro atoms. The number of β-amino-alcohol motifs (C(OH)–C–C–N with tert-alkyl or cyclic N) is 1. The van der Waals surface area contributed by atoms with E-state index in [1.165, 1.54) is 0 Å². The highest BCUT2D eigenvalue weighted by molar-refractivity contribution is 6.62. The summed E-state index contributed by atoms with van der Waals surface area (Å²) < 4.78 is 17.8. The van der Waals surface area contributed by atoms with Crippen molar-refractivity contribution >= 4 is 30.0 Å². The topological polar surface area (TPSA) is 80.6 Å². The van der Waals surface area contributed by atoms with Gasteiger partial charge in [-0.05, 0) is 65.1 Å². The Morgan fingerprint density at radius 3 is 2.33 bits per heavy atom. The molecule has 1 amide bonds. The number of allylic oxidation sites excluding steroid dienone is 1. The van der Waals surface area contributed by atoms with Gasteiger partial charge in [0.25, 0.3) is 0 Å². The number of aliphatic hydroxyl groups excluding tert-OH is 1. The minimum absolute atomic E-state index is 0.257. The first-order chi connectivity index (χ1) is 15.3. The van der Waals surface area contributed by atoms with Gasteiger partial charge in [0.1, 0.15) is 5.60 Å². The van der Waals surface area contributed by atoms with Crippen LogP contribution in [0.3, 0.4) is 0 Å². The number of carbonyl (C=O) groups excluding carboxylic acids is 1. The fourth-order valence-electron chi connectivity index (χ4n) is 4.31. The lowest BCUT2D eigenvalue weighted by Gasteiger charge is -2.32. The molecule has 0 aromatic heterocycles. The normalized spacial score (nSPS) is 26.4. The minimum atomic E-state index is -0.588. The summed E-state index contributed by atoms with van der Waals surface area (Å²) >= 11 is 0. The van der Waals surface area contributed by atoms with E-state index in [0.29, 0.717) is 12.8 Å². The lowest BCUT2D eigenvalue weighted by molar-refractivity contribution is 0.00578. The summed E-state index contributed by atoms with van der Waals surface area (Å²) in [6, 6.07) is 7.91. The molecule has 2 atom stereocenters. The average molecular weight is 454 g/mol. The van der Waals surface area contributed by atoms with Gasteiger partial charge in [-0.3, -0.25) is 9.89 Å². The van der Waals surface area contributed by atoms with Crippen molar-refractivity contribution in [1.29, 1.82) is 0 Å². The van der Waals surface area contributed by atoms with Crippen molar-refractivity contribution in [3.05, 3.63) is 36.0 Å². The Hall–Kier alpha value is -2.16. The molecule has 2 fully saturated rings. The van der Waals surface area contributed by atoms with Crippen LogP contribution in [0.2, 0.25) is 0 Å². The second-order valence-corrected chi connectivity index (χ2v) is 11.2. The van der Waals surface area contributed by atoms with Crippen molar-refractivity contribution in [2.24, 2.45) is 4.99 Å². The highest BCUT2D eigenvalue weighted by atomic mass is 16.7. The molecule has 2 saturated heterocycles. The second-order valence-electron chi connectivity index (χ2n) is 11.2. The van der Waals surface area contributed by atoms with E-state index in [1.807, 2.05) is 66.8 Å². The smallest absolute Gasteiger partial charge is 0.444 e. The van der Waals surface area contributed by atoms with Gasteiger partial charge in [-0.1, -0.05) is 24.3 Å². The summed E-state index contributed by atoms with van der Waals surface area (Å²) in [5.41, 5.74) is 2.66. The largest absolute Gasteiger partial charge is 0.494 e. The number of benzene rings is 1. The number of hydrogen-bond acceptors (Lipinski definition) is 6. The molecule has 1 aromatic rings. The Morgan fingerprint density at radius 1 is 1.15 bits per heavy atom. The molecule has 4 rings (SSSR count). The third-order valence-electron chi connectivity index (χ3n) is 6.86. The van der Waals surface area contributed by atoms with Crippen LogP contribution in [-0.4, -0.2) is 64.4 Å². The maximum atomic E-state index is 12.7. The fraction of sp³-hybridized carbons (Fsp3) is 0.600. The maximum Gasteiger partial charge on any atom is 0.494 e. The Kier molecular flexibility index (Phi) is 6.00. The molecule has 7 nitrogen and oxygen atoms in total. The van der Waals surface area contributed by atoms with Crippen LogP contribution in [0, 0.1) is 0 Å². The van der Waals surface area contributed by atoms with Crippen LogP contribution in [0.15, 0.2) is 35.5 Å². The molecule has 0 saturated carbocycles. The van der Waals surface area contributed by atoms with Crippen molar-refractivity contribution in [3.63, 3.8) is 0 Å². The van der Waals surface area contributed by atoms with E-state index in [2.05, 4.69) is 17.1 Å². The molecule has 0 unspecified atom stereocenters. The summed E-state index contributed by atoms with van der Waals surface area (Å²) in [5, 5.41) is 10.2. The van der Waals surface area contributed by atoms with E-state index in [9.17, 15) is 9.90 Å². The molecular weight excluding hydrogens is 419 g/mol. The Labute approximate surface area is 197 Å². The Morgan fingerprint density at radius 2 is 1.76 bits per heavy atom. The van der Waals surface area contributed by atoms with Crippen molar-refractivity contribution < 1.29 is 23.9 Å². The number of aliphatic hydroxyl groups is 1. The van der Waals surface area contributed by atoms with Crippen LogP contribution < -0.4 is 5.46 Å². The van der Waals surface area contributed by atoms with Gasteiger partial charge in [-0.2, -0.15) is 0 Å². The Balaban J connectivity index is 1.42. The molecule has 3 aliphatic heterocycles. The first-order valence-electron chi connectivity index (χ1n) is 11.6. The molecular formula is C25H35BN2O5. The molecule has 33 heavy (non-hydrogen) atoms. The number of aliphatic imine (C=N–C) groups is 1. The zero-order valence-corrected chi connectivity index (χ0v) is 20.7. The van der Waals surface area contributed by atoms with Gasteiger partial charge in [0.15, 0.2) is 0 Å². The van der Waals surface area contributed by atoms with Gasteiger partial charge < -0.3 is 19.2 Å². The van der Waals surface area contributed by atoms with Crippen molar-refractivity contribution in [2.75, 3.05) is 6.54 Å². The summed E-state index contributed by atoms with van der Waals surface area (Å²) in [7, 11) is -0.393. The quantitative estimate of drug-likeness (QED) is 0.707. The maximum absolute atomic E-state index is 12.7. The number of ether oxygens (including phenoxy) is 1. The van der Waals surface area contributed by atoms with Crippen LogP contribution in [-0.2, 0) is 14.0 Å². The van der Waals surface area contributed by atoms with Gasteiger partial charge in [-0.15, -0.1) is 0 Å². The van der Waals surface area contributed by atoms with E-state index in [1.54, 1.807) is 4.90 Å². The van der Waals surface area contributed by atoms with E-state index in [0.717, 1.165) is 22.3 Å². The molecule has 1 N–H and O–H groups in total. The predicted octanol–water partition coefficient (Wildman–Crippen LogP) is 3.54. The van der Waals surface area contributed by atoms with Crippen LogP contribution in [0.5, 0.6) is 0 Å². The highest BCUT2D eigenvalue weighted by Crippen LogP contribution is 2.37. The van der Waals surface area contributed by atoms with Gasteiger partial charge in [0.05, 0.1) is 29.9 Å². The van der Waals surface area contributed by atoms with Gasteiger partial charge in [0, 0.05) is 24.8 Å². The number of nitrogens with zero attached hydrogens (tertiary/aromatic N) is 2. The highest BCUT2D eigenvalue weighted by Gasteiger charge is 2.51. The lowest BCUT2D eigenvalue weighted by atomic mass is 9.78. The fourth-order valence-corrected chi connectivity index (χ4v) is 4.31. The zero-order chi connectivity index (χ0) is 24.2. The van der Waals surface area contributed by atoms with E-state index in [-0.39, 0.29) is 23.8 Å². The Bertz CT molecular complexity index is 962. The van der Waals surface area contributed by atoms with E-state index in [4.69, 9.17) is 14.0 Å². The molecule has 0 bridgehead atoms. The van der Waals surface area contributed by atoms with Crippen LogP contribution in [0.25, 0.3) is 5.57 Å². The number of hydrogen-bond donors (Lipinski definition) is 1. The SMILES string of the molecule is CC(C)(C)OC(=O)N1C[C@@H](O)C[C@H]1C1=NC=C(c2ccc(B3OC(C)(C)C(C)(C)O3)cc2)C1.